The number of carbonyl (C=O) groups excluding carboxylic acids is 1. The molecule has 0 aliphatic carbocycles. The van der Waals surface area contributed by atoms with E-state index in [9.17, 15) is 18.0 Å². The van der Waals surface area contributed by atoms with Crippen LogP contribution >= 0.6 is 27.7 Å². The van der Waals surface area contributed by atoms with E-state index < -0.39 is 22.8 Å². The van der Waals surface area contributed by atoms with Gasteiger partial charge in [-0.25, -0.2) is 13.2 Å². The first-order valence-electron chi connectivity index (χ1n) is 6.30. The Hall–Kier alpha value is -1.47. The van der Waals surface area contributed by atoms with E-state index >= 15 is 0 Å². The molecule has 7 heteroatoms. The van der Waals surface area contributed by atoms with Crippen molar-refractivity contribution >= 4 is 39.3 Å². The fourth-order valence-electron chi connectivity index (χ4n) is 2.30. The van der Waals surface area contributed by atoms with Gasteiger partial charge in [-0.1, -0.05) is 0 Å². The molecule has 22 heavy (non-hydrogen) atoms. The predicted octanol–water partition coefficient (Wildman–Crippen LogP) is 4.65. The lowest BCUT2D eigenvalue weighted by Crippen LogP contribution is -2.28. The third-order valence-electron chi connectivity index (χ3n) is 3.22. The minimum Gasteiger partial charge on any atom is -0.295 e. The van der Waals surface area contributed by atoms with E-state index in [1.165, 1.54) is 40.9 Å². The molecule has 0 saturated carbocycles. The summed E-state index contributed by atoms with van der Waals surface area (Å²) in [7, 11) is 0. The minimum absolute atomic E-state index is 0.167. The number of hydrogen-bond donors (Lipinski definition) is 0. The standard InChI is InChI=1S/C15H9BrF3NOS/c16-12-2-1-11(6-13(12)19)20-14(21)7-22-15(20)8-3-9(17)5-10(18)4-8/h1-6,15H,7H2. The Labute approximate surface area is 137 Å². The van der Waals surface area contributed by atoms with Crippen LogP contribution in [0.4, 0.5) is 18.9 Å². The third kappa shape index (κ3) is 2.87. The summed E-state index contributed by atoms with van der Waals surface area (Å²) in [4.78, 5) is 13.5. The number of benzene rings is 2. The van der Waals surface area contributed by atoms with Crippen LogP contribution in [0.1, 0.15) is 10.9 Å². The highest BCUT2D eigenvalue weighted by Gasteiger charge is 2.34. The Morgan fingerprint density at radius 3 is 2.41 bits per heavy atom. The van der Waals surface area contributed by atoms with Gasteiger partial charge in [0.25, 0.3) is 0 Å². The first-order valence-corrected chi connectivity index (χ1v) is 8.14. The molecule has 1 fully saturated rings. The number of carbonyl (C=O) groups is 1. The van der Waals surface area contributed by atoms with Crippen molar-refractivity contribution in [3.8, 4) is 0 Å². The molecule has 1 saturated heterocycles. The Bertz CT molecular complexity index is 735. The van der Waals surface area contributed by atoms with Gasteiger partial charge < -0.3 is 0 Å². The van der Waals surface area contributed by atoms with E-state index in [0.29, 0.717) is 11.3 Å². The molecule has 2 nitrogen and oxygen atoms in total. The second-order valence-corrected chi connectivity index (χ2v) is 6.65. The van der Waals surface area contributed by atoms with Gasteiger partial charge in [0.15, 0.2) is 0 Å². The summed E-state index contributed by atoms with van der Waals surface area (Å²) in [6, 6.07) is 7.43. The zero-order valence-corrected chi connectivity index (χ0v) is 13.4. The molecule has 1 aliphatic heterocycles. The van der Waals surface area contributed by atoms with Crippen LogP contribution < -0.4 is 4.90 Å². The van der Waals surface area contributed by atoms with Crippen molar-refractivity contribution in [3.63, 3.8) is 0 Å². The second kappa shape index (κ2) is 5.96. The molecule has 0 bridgehead atoms. The van der Waals surface area contributed by atoms with Gasteiger partial charge in [-0.2, -0.15) is 0 Å². The maximum atomic E-state index is 13.7. The number of nitrogens with zero attached hydrogens (tertiary/aromatic N) is 1. The van der Waals surface area contributed by atoms with Gasteiger partial charge in [0.1, 0.15) is 22.8 Å². The molecule has 1 amide bonds. The largest absolute Gasteiger partial charge is 0.295 e. The molecule has 114 valence electrons. The highest BCUT2D eigenvalue weighted by atomic mass is 79.9. The third-order valence-corrected chi connectivity index (χ3v) is 5.07. The summed E-state index contributed by atoms with van der Waals surface area (Å²) < 4.78 is 40.8. The predicted molar refractivity (Wildman–Crippen MR) is 83.1 cm³/mol. The average Bonchev–Trinajstić information content (AvgIpc) is 2.83. The molecule has 2 aromatic carbocycles. The van der Waals surface area contributed by atoms with Crippen molar-refractivity contribution in [2.75, 3.05) is 10.7 Å². The number of rotatable bonds is 2. The number of thioether (sulfide) groups is 1. The summed E-state index contributed by atoms with van der Waals surface area (Å²) >= 11 is 4.29. The first-order chi connectivity index (χ1) is 10.5. The zero-order valence-electron chi connectivity index (χ0n) is 11.0. The summed E-state index contributed by atoms with van der Waals surface area (Å²) in [6.07, 6.45) is 0. The lowest BCUT2D eigenvalue weighted by atomic mass is 10.1. The zero-order chi connectivity index (χ0) is 15.9. The van der Waals surface area contributed by atoms with E-state index in [1.54, 1.807) is 6.07 Å². The maximum absolute atomic E-state index is 13.7. The van der Waals surface area contributed by atoms with Gasteiger partial charge in [0.05, 0.1) is 10.2 Å². The van der Waals surface area contributed by atoms with Crippen molar-refractivity contribution < 1.29 is 18.0 Å². The van der Waals surface area contributed by atoms with E-state index in [4.69, 9.17) is 0 Å². The van der Waals surface area contributed by atoms with Crippen LogP contribution in [0.2, 0.25) is 0 Å². The van der Waals surface area contributed by atoms with Crippen LogP contribution in [0.3, 0.4) is 0 Å². The summed E-state index contributed by atoms with van der Waals surface area (Å²) in [5.41, 5.74) is 0.682. The molecular formula is C15H9BrF3NOS. The fourth-order valence-corrected chi connectivity index (χ4v) is 3.71. The topological polar surface area (TPSA) is 20.3 Å². The Balaban J connectivity index is 2.03. The number of halogens is 4. The lowest BCUT2D eigenvalue weighted by Gasteiger charge is -2.24. The average molecular weight is 388 g/mol. The van der Waals surface area contributed by atoms with Crippen molar-refractivity contribution in [2.24, 2.45) is 0 Å². The molecule has 3 rings (SSSR count). The van der Waals surface area contributed by atoms with Gasteiger partial charge in [0.2, 0.25) is 5.91 Å². The van der Waals surface area contributed by atoms with Crippen LogP contribution in [0.15, 0.2) is 40.9 Å². The molecule has 1 aliphatic rings. The Morgan fingerprint density at radius 2 is 1.77 bits per heavy atom. The van der Waals surface area contributed by atoms with E-state index in [-0.39, 0.29) is 16.1 Å². The second-order valence-electron chi connectivity index (χ2n) is 4.73. The lowest BCUT2D eigenvalue weighted by molar-refractivity contribution is -0.115. The van der Waals surface area contributed by atoms with Crippen LogP contribution in [0, 0.1) is 17.5 Å². The highest BCUT2D eigenvalue weighted by molar-refractivity contribution is 9.10. The maximum Gasteiger partial charge on any atom is 0.238 e. The SMILES string of the molecule is O=C1CSC(c2cc(F)cc(F)c2)N1c1ccc(Br)c(F)c1. The Kier molecular flexibility index (Phi) is 4.18. The normalized spacial score (nSPS) is 18.1. The van der Waals surface area contributed by atoms with Gasteiger partial charge >= 0.3 is 0 Å². The van der Waals surface area contributed by atoms with Gasteiger partial charge in [-0.15, -0.1) is 11.8 Å². The van der Waals surface area contributed by atoms with Crippen molar-refractivity contribution in [1.29, 1.82) is 0 Å². The van der Waals surface area contributed by atoms with E-state index in [0.717, 1.165) is 6.07 Å². The smallest absolute Gasteiger partial charge is 0.238 e. The first kappa shape index (κ1) is 15.4. The summed E-state index contributed by atoms with van der Waals surface area (Å²) in [5, 5.41) is -0.585. The van der Waals surface area contributed by atoms with E-state index in [2.05, 4.69) is 15.9 Å². The summed E-state index contributed by atoms with van der Waals surface area (Å²) in [5.74, 6) is -2.00. The molecule has 0 aromatic heterocycles. The van der Waals surface area contributed by atoms with Crippen LogP contribution in [0.5, 0.6) is 0 Å². The Morgan fingerprint density at radius 1 is 1.09 bits per heavy atom. The minimum atomic E-state index is -0.711. The molecular weight excluding hydrogens is 379 g/mol. The molecule has 0 spiro atoms. The number of hydrogen-bond acceptors (Lipinski definition) is 2. The van der Waals surface area contributed by atoms with Crippen molar-refractivity contribution in [2.45, 2.75) is 5.37 Å². The highest BCUT2D eigenvalue weighted by Crippen LogP contribution is 2.42. The van der Waals surface area contributed by atoms with E-state index in [1.807, 2.05) is 0 Å². The van der Waals surface area contributed by atoms with Crippen molar-refractivity contribution in [1.82, 2.24) is 0 Å². The fraction of sp³-hybridized carbons (Fsp3) is 0.133. The molecule has 1 atom stereocenters. The van der Waals surface area contributed by atoms with Crippen LogP contribution in [0.25, 0.3) is 0 Å². The molecule has 2 aromatic rings. The van der Waals surface area contributed by atoms with Gasteiger partial charge in [-0.3, -0.25) is 9.69 Å². The number of amides is 1. The molecule has 0 radical (unpaired) electrons. The summed E-state index contributed by atoms with van der Waals surface area (Å²) in [6.45, 7) is 0. The monoisotopic (exact) mass is 387 g/mol. The number of anilines is 1. The molecule has 1 heterocycles. The van der Waals surface area contributed by atoms with Crippen molar-refractivity contribution in [3.05, 3.63) is 63.9 Å². The van der Waals surface area contributed by atoms with Gasteiger partial charge in [-0.05, 0) is 51.8 Å². The molecule has 1 unspecified atom stereocenters. The van der Waals surface area contributed by atoms with Crippen LogP contribution in [-0.2, 0) is 4.79 Å². The molecule has 0 N–H and O–H groups in total. The van der Waals surface area contributed by atoms with Gasteiger partial charge in [0, 0.05) is 11.8 Å². The quantitative estimate of drug-likeness (QED) is 0.747. The van der Waals surface area contributed by atoms with Crippen LogP contribution in [-0.4, -0.2) is 11.7 Å².